The van der Waals surface area contributed by atoms with E-state index in [4.69, 9.17) is 5.73 Å². The van der Waals surface area contributed by atoms with Crippen molar-refractivity contribution in [2.45, 2.75) is 26.8 Å². The van der Waals surface area contributed by atoms with Crippen LogP contribution in [0.2, 0.25) is 0 Å². The predicted molar refractivity (Wildman–Crippen MR) is 77.7 cm³/mol. The fourth-order valence-corrected chi connectivity index (χ4v) is 2.35. The summed E-state index contributed by atoms with van der Waals surface area (Å²) in [6, 6.07) is 6.07. The lowest BCUT2D eigenvalue weighted by atomic mass is 9.99. The Morgan fingerprint density at radius 2 is 2.21 bits per heavy atom. The van der Waals surface area contributed by atoms with E-state index in [1.54, 1.807) is 0 Å². The first-order valence-corrected chi connectivity index (χ1v) is 6.91. The first-order chi connectivity index (χ1) is 9.04. The van der Waals surface area contributed by atoms with Crippen LogP contribution < -0.4 is 11.1 Å². The summed E-state index contributed by atoms with van der Waals surface area (Å²) < 4.78 is 0. The summed E-state index contributed by atoms with van der Waals surface area (Å²) in [6.07, 6.45) is 0.993. The summed E-state index contributed by atoms with van der Waals surface area (Å²) in [4.78, 5) is 14.0. The number of hydrogen-bond donors (Lipinski definition) is 2. The van der Waals surface area contributed by atoms with Crippen molar-refractivity contribution in [3.63, 3.8) is 0 Å². The Morgan fingerprint density at radius 3 is 2.95 bits per heavy atom. The van der Waals surface area contributed by atoms with E-state index in [0.717, 1.165) is 31.7 Å². The summed E-state index contributed by atoms with van der Waals surface area (Å²) in [5.74, 6) is 0.604. The minimum Gasteiger partial charge on any atom is -0.399 e. The van der Waals surface area contributed by atoms with Crippen LogP contribution in [0.4, 0.5) is 5.69 Å². The Kier molecular flexibility index (Phi) is 4.43. The van der Waals surface area contributed by atoms with Crippen molar-refractivity contribution in [2.24, 2.45) is 5.92 Å². The van der Waals surface area contributed by atoms with Crippen molar-refractivity contribution in [2.75, 3.05) is 25.4 Å². The van der Waals surface area contributed by atoms with Crippen molar-refractivity contribution in [3.8, 4) is 0 Å². The quantitative estimate of drug-likeness (QED) is 0.806. The molecule has 4 heteroatoms. The first kappa shape index (κ1) is 13.9. The summed E-state index contributed by atoms with van der Waals surface area (Å²) in [5, 5.41) is 2.96. The second-order valence-electron chi connectivity index (χ2n) is 5.69. The lowest BCUT2D eigenvalue weighted by Gasteiger charge is -2.28. The Labute approximate surface area is 115 Å². The molecule has 1 aliphatic rings. The molecule has 3 N–H and O–H groups in total. The van der Waals surface area contributed by atoms with Gasteiger partial charge < -0.3 is 11.1 Å². The van der Waals surface area contributed by atoms with Gasteiger partial charge in [-0.2, -0.15) is 0 Å². The van der Waals surface area contributed by atoms with Gasteiger partial charge in [-0.1, -0.05) is 19.9 Å². The number of carbonyl (C=O) groups excluding carboxylic acids is 1. The molecular formula is C15H23N3O. The fourth-order valence-electron chi connectivity index (χ4n) is 2.35. The summed E-state index contributed by atoms with van der Waals surface area (Å²) >= 11 is 0. The van der Waals surface area contributed by atoms with Crippen LogP contribution in [0.5, 0.6) is 0 Å². The molecule has 1 aromatic carbocycles. The SMILES string of the molecule is CC(C)CNC(=O)CN1CCc2ccc(N)cc2C1. The molecule has 0 atom stereocenters. The number of rotatable bonds is 4. The lowest BCUT2D eigenvalue weighted by molar-refractivity contribution is -0.122. The van der Waals surface area contributed by atoms with E-state index >= 15 is 0 Å². The Morgan fingerprint density at radius 1 is 1.42 bits per heavy atom. The first-order valence-electron chi connectivity index (χ1n) is 6.91. The van der Waals surface area contributed by atoms with Gasteiger partial charge in [0.1, 0.15) is 0 Å². The molecule has 0 bridgehead atoms. The van der Waals surface area contributed by atoms with Crippen LogP contribution in [0.1, 0.15) is 25.0 Å². The minimum atomic E-state index is 0.112. The molecule has 1 aromatic rings. The predicted octanol–water partition coefficient (Wildman–Crippen LogP) is 1.40. The Hall–Kier alpha value is -1.55. The fraction of sp³-hybridized carbons (Fsp3) is 0.533. The molecule has 0 aromatic heterocycles. The van der Waals surface area contributed by atoms with Gasteiger partial charge in [0, 0.05) is 25.3 Å². The number of fused-ring (bicyclic) bond motifs is 1. The second-order valence-corrected chi connectivity index (χ2v) is 5.69. The third-order valence-electron chi connectivity index (χ3n) is 3.40. The molecule has 1 aliphatic heterocycles. The van der Waals surface area contributed by atoms with Gasteiger partial charge in [0.15, 0.2) is 0 Å². The van der Waals surface area contributed by atoms with E-state index in [2.05, 4.69) is 30.1 Å². The molecule has 1 amide bonds. The van der Waals surface area contributed by atoms with Crippen molar-refractivity contribution in [3.05, 3.63) is 29.3 Å². The highest BCUT2D eigenvalue weighted by Crippen LogP contribution is 2.20. The lowest BCUT2D eigenvalue weighted by Crippen LogP contribution is -2.40. The maximum absolute atomic E-state index is 11.8. The number of hydrogen-bond acceptors (Lipinski definition) is 3. The van der Waals surface area contributed by atoms with E-state index in [0.29, 0.717) is 12.5 Å². The van der Waals surface area contributed by atoms with Crippen molar-refractivity contribution in [1.82, 2.24) is 10.2 Å². The molecule has 0 unspecified atom stereocenters. The highest BCUT2D eigenvalue weighted by molar-refractivity contribution is 5.78. The number of nitrogens with zero attached hydrogens (tertiary/aromatic N) is 1. The van der Waals surface area contributed by atoms with E-state index in [1.807, 2.05) is 12.1 Å². The minimum absolute atomic E-state index is 0.112. The van der Waals surface area contributed by atoms with Gasteiger partial charge in [-0.05, 0) is 35.6 Å². The van der Waals surface area contributed by atoms with Gasteiger partial charge >= 0.3 is 0 Å². The molecule has 4 nitrogen and oxygen atoms in total. The van der Waals surface area contributed by atoms with Gasteiger partial charge in [0.2, 0.25) is 5.91 Å². The monoisotopic (exact) mass is 261 g/mol. The number of nitrogens with one attached hydrogen (secondary N) is 1. The normalized spacial score (nSPS) is 15.3. The van der Waals surface area contributed by atoms with Gasteiger partial charge in [-0.25, -0.2) is 0 Å². The number of nitrogen functional groups attached to an aromatic ring is 1. The zero-order valence-electron chi connectivity index (χ0n) is 11.8. The van der Waals surface area contributed by atoms with Crippen molar-refractivity contribution < 1.29 is 4.79 Å². The van der Waals surface area contributed by atoms with Gasteiger partial charge in [-0.15, -0.1) is 0 Å². The molecule has 0 spiro atoms. The summed E-state index contributed by atoms with van der Waals surface area (Å²) in [6.45, 7) is 7.17. The van der Waals surface area contributed by atoms with Crippen LogP contribution in [0, 0.1) is 5.92 Å². The van der Waals surface area contributed by atoms with E-state index < -0.39 is 0 Å². The molecule has 2 rings (SSSR count). The van der Waals surface area contributed by atoms with Crippen LogP contribution in [-0.2, 0) is 17.8 Å². The molecule has 0 saturated heterocycles. The van der Waals surface area contributed by atoms with Crippen molar-refractivity contribution >= 4 is 11.6 Å². The molecule has 0 radical (unpaired) electrons. The number of benzene rings is 1. The highest BCUT2D eigenvalue weighted by Gasteiger charge is 2.18. The second kappa shape index (κ2) is 6.06. The van der Waals surface area contributed by atoms with Crippen LogP contribution in [-0.4, -0.2) is 30.4 Å². The van der Waals surface area contributed by atoms with E-state index in [-0.39, 0.29) is 5.91 Å². The number of anilines is 1. The topological polar surface area (TPSA) is 58.4 Å². The summed E-state index contributed by atoms with van der Waals surface area (Å²) in [7, 11) is 0. The van der Waals surface area contributed by atoms with E-state index in [9.17, 15) is 4.79 Å². The smallest absolute Gasteiger partial charge is 0.234 e. The molecule has 0 fully saturated rings. The summed E-state index contributed by atoms with van der Waals surface area (Å²) in [5.41, 5.74) is 9.22. The van der Waals surface area contributed by atoms with Gasteiger partial charge in [0.05, 0.1) is 6.54 Å². The van der Waals surface area contributed by atoms with Crippen LogP contribution in [0.15, 0.2) is 18.2 Å². The van der Waals surface area contributed by atoms with Crippen LogP contribution in [0.3, 0.4) is 0 Å². The average Bonchev–Trinajstić information content (AvgIpc) is 2.36. The average molecular weight is 261 g/mol. The van der Waals surface area contributed by atoms with Crippen molar-refractivity contribution in [1.29, 1.82) is 0 Å². The third-order valence-corrected chi connectivity index (χ3v) is 3.40. The maximum atomic E-state index is 11.8. The highest BCUT2D eigenvalue weighted by atomic mass is 16.2. The molecule has 19 heavy (non-hydrogen) atoms. The molecule has 1 heterocycles. The third kappa shape index (κ3) is 3.96. The maximum Gasteiger partial charge on any atom is 0.234 e. The molecule has 0 saturated carbocycles. The molecular weight excluding hydrogens is 238 g/mol. The zero-order valence-corrected chi connectivity index (χ0v) is 11.8. The van der Waals surface area contributed by atoms with Gasteiger partial charge in [-0.3, -0.25) is 9.69 Å². The zero-order chi connectivity index (χ0) is 13.8. The number of nitrogens with two attached hydrogens (primary N) is 1. The van der Waals surface area contributed by atoms with Crippen LogP contribution in [0.25, 0.3) is 0 Å². The van der Waals surface area contributed by atoms with E-state index in [1.165, 1.54) is 11.1 Å². The van der Waals surface area contributed by atoms with Crippen LogP contribution >= 0.6 is 0 Å². The number of amides is 1. The molecule has 104 valence electrons. The Bertz CT molecular complexity index is 457. The standard InChI is InChI=1S/C15H23N3O/c1-11(2)8-17-15(19)10-18-6-5-12-3-4-14(16)7-13(12)9-18/h3-4,7,11H,5-6,8-10,16H2,1-2H3,(H,17,19). The molecule has 0 aliphatic carbocycles. The Balaban J connectivity index is 1.89. The van der Waals surface area contributed by atoms with Gasteiger partial charge in [0.25, 0.3) is 0 Å². The number of carbonyl (C=O) groups is 1. The largest absolute Gasteiger partial charge is 0.399 e.